The van der Waals surface area contributed by atoms with Crippen molar-refractivity contribution in [2.75, 3.05) is 33.3 Å². The van der Waals surface area contributed by atoms with Crippen LogP contribution < -0.4 is 0 Å². The fourth-order valence-electron chi connectivity index (χ4n) is 5.95. The van der Waals surface area contributed by atoms with E-state index in [4.69, 9.17) is 21.4 Å². The molecule has 202 valence electrons. The fraction of sp³-hybridized carbons (Fsp3) is 0.593. The molecule has 0 unspecified atom stereocenters. The first-order valence-electron chi connectivity index (χ1n) is 13.0. The molecule has 37 heavy (non-hydrogen) atoms. The van der Waals surface area contributed by atoms with Gasteiger partial charge in [-0.1, -0.05) is 23.7 Å². The van der Waals surface area contributed by atoms with Gasteiger partial charge in [0.2, 0.25) is 5.91 Å². The highest BCUT2D eigenvalue weighted by atomic mass is 35.5. The first-order valence-corrected chi connectivity index (χ1v) is 13.3. The minimum atomic E-state index is -0.232. The van der Waals surface area contributed by atoms with Crippen molar-refractivity contribution in [1.29, 1.82) is 0 Å². The molecular weight excluding hydrogens is 513 g/mol. The van der Waals surface area contributed by atoms with Gasteiger partial charge in [0, 0.05) is 49.4 Å². The summed E-state index contributed by atoms with van der Waals surface area (Å²) in [6.07, 6.45) is 5.15. The number of amides is 3. The van der Waals surface area contributed by atoms with E-state index in [1.54, 1.807) is 7.05 Å². The number of nitrogens with zero attached hydrogens (tertiary/aromatic N) is 5. The Morgan fingerprint density at radius 2 is 1.78 bits per heavy atom. The van der Waals surface area contributed by atoms with Crippen molar-refractivity contribution in [3.05, 3.63) is 52.3 Å². The number of halogens is 2. The summed E-state index contributed by atoms with van der Waals surface area (Å²) in [4.78, 5) is 30.2. The van der Waals surface area contributed by atoms with Gasteiger partial charge in [-0.15, -0.1) is 12.4 Å². The Morgan fingerprint density at radius 3 is 2.38 bits per heavy atom. The lowest BCUT2D eigenvalue weighted by molar-refractivity contribution is -0.129. The standard InChI is InChI=1S/C27H36ClN5O3.ClH/c1-18-12-25(29-31(18)3)20-6-10-22(11-7-20)32-14-24(15-33-26(34)16-30(2)27(33)35)36-17-23(32)13-19-4-8-21(28)9-5-19;/h4-5,8-9,12,20,22-24H,6-7,10-11,13-17H2,1-3H3;1H/t20?,22?,23-,24+;/m0./s1. The lowest BCUT2D eigenvalue weighted by Gasteiger charge is -2.46. The fourth-order valence-corrected chi connectivity index (χ4v) is 6.08. The average Bonchev–Trinajstić information content (AvgIpc) is 3.33. The van der Waals surface area contributed by atoms with Crippen LogP contribution in [0.15, 0.2) is 30.3 Å². The van der Waals surface area contributed by atoms with E-state index in [0.717, 1.165) is 43.7 Å². The summed E-state index contributed by atoms with van der Waals surface area (Å²) in [7, 11) is 3.67. The largest absolute Gasteiger partial charge is 0.373 e. The second-order valence-electron chi connectivity index (χ2n) is 10.6. The molecule has 10 heteroatoms. The molecule has 3 fully saturated rings. The third-order valence-corrected chi connectivity index (χ3v) is 8.38. The van der Waals surface area contributed by atoms with Crippen molar-refractivity contribution >= 4 is 35.9 Å². The summed E-state index contributed by atoms with van der Waals surface area (Å²) in [6.45, 7) is 3.86. The molecule has 5 rings (SSSR count). The normalized spacial score (nSPS) is 27.0. The van der Waals surface area contributed by atoms with Crippen LogP contribution in [0.3, 0.4) is 0 Å². The van der Waals surface area contributed by atoms with Crippen LogP contribution in [0.5, 0.6) is 0 Å². The van der Waals surface area contributed by atoms with Crippen molar-refractivity contribution in [3.63, 3.8) is 0 Å². The summed E-state index contributed by atoms with van der Waals surface area (Å²) in [6, 6.07) is 10.7. The van der Waals surface area contributed by atoms with Crippen LogP contribution in [0.1, 0.15) is 48.6 Å². The van der Waals surface area contributed by atoms with Crippen molar-refractivity contribution in [2.45, 2.75) is 63.1 Å². The molecule has 0 spiro atoms. The second kappa shape index (κ2) is 11.7. The van der Waals surface area contributed by atoms with Crippen molar-refractivity contribution < 1.29 is 14.3 Å². The van der Waals surface area contributed by atoms with Gasteiger partial charge in [0.15, 0.2) is 0 Å². The van der Waals surface area contributed by atoms with Gasteiger partial charge in [-0.05, 0) is 62.8 Å². The molecule has 0 N–H and O–H groups in total. The van der Waals surface area contributed by atoms with E-state index in [9.17, 15) is 9.59 Å². The zero-order valence-electron chi connectivity index (χ0n) is 21.8. The summed E-state index contributed by atoms with van der Waals surface area (Å²) in [5, 5.41) is 5.48. The van der Waals surface area contributed by atoms with E-state index in [-0.39, 0.29) is 43.0 Å². The molecule has 3 heterocycles. The van der Waals surface area contributed by atoms with E-state index in [1.807, 2.05) is 23.9 Å². The van der Waals surface area contributed by atoms with Crippen molar-refractivity contribution in [3.8, 4) is 0 Å². The molecule has 2 aliphatic heterocycles. The van der Waals surface area contributed by atoms with Gasteiger partial charge in [0.25, 0.3) is 0 Å². The van der Waals surface area contributed by atoms with Crippen LogP contribution >= 0.6 is 24.0 Å². The summed E-state index contributed by atoms with van der Waals surface area (Å²) in [5.41, 5.74) is 3.64. The number of carbonyl (C=O) groups excluding carboxylic acids is 2. The smallest absolute Gasteiger partial charge is 0.327 e. The highest BCUT2D eigenvalue weighted by Crippen LogP contribution is 2.36. The zero-order chi connectivity index (χ0) is 25.4. The summed E-state index contributed by atoms with van der Waals surface area (Å²) >= 11 is 6.11. The van der Waals surface area contributed by atoms with E-state index in [0.29, 0.717) is 25.1 Å². The van der Waals surface area contributed by atoms with Crippen LogP contribution in [-0.2, 0) is 23.0 Å². The average molecular weight is 551 g/mol. The molecule has 3 aliphatic rings. The Labute approximate surface area is 230 Å². The molecule has 2 aromatic rings. The van der Waals surface area contributed by atoms with Crippen molar-refractivity contribution in [2.24, 2.45) is 7.05 Å². The number of morpholine rings is 1. The van der Waals surface area contributed by atoms with E-state index in [1.165, 1.54) is 26.8 Å². The van der Waals surface area contributed by atoms with Gasteiger partial charge in [-0.3, -0.25) is 19.3 Å². The molecule has 0 bridgehead atoms. The van der Waals surface area contributed by atoms with Gasteiger partial charge in [0.05, 0.1) is 24.9 Å². The van der Waals surface area contributed by atoms with Crippen LogP contribution in [0, 0.1) is 6.92 Å². The molecule has 1 aromatic heterocycles. The number of likely N-dealkylation sites (N-methyl/N-ethyl adjacent to an activating group) is 1. The Morgan fingerprint density at radius 1 is 1.08 bits per heavy atom. The molecule has 0 radical (unpaired) electrons. The minimum absolute atomic E-state index is 0. The van der Waals surface area contributed by atoms with Crippen LogP contribution in [0.4, 0.5) is 4.79 Å². The first kappa shape index (κ1) is 27.9. The second-order valence-corrected chi connectivity index (χ2v) is 11.1. The monoisotopic (exact) mass is 549 g/mol. The SMILES string of the molecule is Cc1cc(C2CCC(N3C[C@H](CN4C(=O)CN(C)C4=O)OC[C@@H]3Cc3ccc(Cl)cc3)CC2)nn1C.Cl. The summed E-state index contributed by atoms with van der Waals surface area (Å²) < 4.78 is 8.23. The molecule has 1 aliphatic carbocycles. The van der Waals surface area contributed by atoms with Gasteiger partial charge in [-0.25, -0.2) is 4.79 Å². The van der Waals surface area contributed by atoms with Crippen LogP contribution in [0.25, 0.3) is 0 Å². The van der Waals surface area contributed by atoms with Crippen molar-refractivity contribution in [1.82, 2.24) is 24.5 Å². The van der Waals surface area contributed by atoms with Crippen LogP contribution in [0.2, 0.25) is 5.02 Å². The molecule has 3 amide bonds. The first-order chi connectivity index (χ1) is 17.3. The lowest BCUT2D eigenvalue weighted by atomic mass is 9.82. The number of aromatic nitrogens is 2. The van der Waals surface area contributed by atoms with Gasteiger partial charge in [-0.2, -0.15) is 5.10 Å². The van der Waals surface area contributed by atoms with Gasteiger partial charge in [0.1, 0.15) is 6.54 Å². The quantitative estimate of drug-likeness (QED) is 0.508. The number of carbonyl (C=O) groups is 2. The lowest BCUT2D eigenvalue weighted by Crippen LogP contribution is -2.57. The molecule has 8 nitrogen and oxygen atoms in total. The topological polar surface area (TPSA) is 70.9 Å². The number of hydrogen-bond acceptors (Lipinski definition) is 5. The predicted molar refractivity (Wildman–Crippen MR) is 145 cm³/mol. The number of aryl methyl sites for hydroxylation is 2. The molecular formula is C27H37Cl2N5O3. The van der Waals surface area contributed by atoms with Crippen LogP contribution in [-0.4, -0.2) is 87.9 Å². The van der Waals surface area contributed by atoms with Gasteiger partial charge < -0.3 is 9.64 Å². The maximum atomic E-state index is 12.4. The van der Waals surface area contributed by atoms with E-state index < -0.39 is 0 Å². The highest BCUT2D eigenvalue weighted by Gasteiger charge is 2.40. The predicted octanol–water partition coefficient (Wildman–Crippen LogP) is 4.04. The number of benzene rings is 1. The number of rotatable bonds is 6. The third kappa shape index (κ3) is 6.14. The molecule has 2 saturated heterocycles. The maximum Gasteiger partial charge on any atom is 0.327 e. The number of imide groups is 1. The Hall–Kier alpha value is -2.13. The zero-order valence-corrected chi connectivity index (χ0v) is 23.4. The Bertz CT molecular complexity index is 1080. The minimum Gasteiger partial charge on any atom is -0.373 e. The number of urea groups is 1. The highest BCUT2D eigenvalue weighted by molar-refractivity contribution is 6.30. The molecule has 1 aromatic carbocycles. The molecule has 2 atom stereocenters. The van der Waals surface area contributed by atoms with E-state index in [2.05, 4.69) is 30.0 Å². The van der Waals surface area contributed by atoms with E-state index >= 15 is 0 Å². The number of ether oxygens (including phenoxy) is 1. The Balaban J connectivity index is 0.00000320. The summed E-state index contributed by atoms with van der Waals surface area (Å²) in [5.74, 6) is 0.357. The molecule has 1 saturated carbocycles. The maximum absolute atomic E-state index is 12.4. The van der Waals surface area contributed by atoms with Gasteiger partial charge >= 0.3 is 6.03 Å². The third-order valence-electron chi connectivity index (χ3n) is 8.13. The number of hydrogen-bond donors (Lipinski definition) is 0. The Kier molecular flexibility index (Phi) is 8.84.